The SMILES string of the molecule is CNC(=O)c1ccc(N2CCN(Cc3cc4c(F)nn5c4c(c3F)NC(=O)C5C)CC2)c(F)n1. The standard InChI is InChI=1S/C22H22F3N7O2/c1-11-21(33)28-17-16(23)12(9-13-18(17)32(11)29-19(13)24)10-30-5-7-31(8-6-30)15-4-3-14(22(34)26-2)27-20(15)25/h3-4,9,11H,5-8,10H2,1-2H3,(H,26,34)(H,28,33). The number of benzene rings is 1. The van der Waals surface area contributed by atoms with Crippen molar-refractivity contribution in [2.45, 2.75) is 19.5 Å². The Bertz CT molecular complexity index is 1320. The Hall–Kier alpha value is -3.67. The van der Waals surface area contributed by atoms with Crippen molar-refractivity contribution in [2.24, 2.45) is 0 Å². The lowest BCUT2D eigenvalue weighted by Crippen LogP contribution is -2.46. The van der Waals surface area contributed by atoms with E-state index in [-0.39, 0.29) is 40.1 Å². The Balaban J connectivity index is 1.33. The summed E-state index contributed by atoms with van der Waals surface area (Å²) >= 11 is 0. The molecule has 9 nitrogen and oxygen atoms in total. The van der Waals surface area contributed by atoms with Crippen LogP contribution in [0.25, 0.3) is 10.9 Å². The summed E-state index contributed by atoms with van der Waals surface area (Å²) in [4.78, 5) is 31.3. The Morgan fingerprint density at radius 3 is 2.59 bits per heavy atom. The number of carbonyl (C=O) groups excluding carboxylic acids is 2. The van der Waals surface area contributed by atoms with E-state index in [2.05, 4.69) is 20.7 Å². The molecule has 2 aliphatic heterocycles. The van der Waals surface area contributed by atoms with Crippen LogP contribution in [0.15, 0.2) is 18.2 Å². The molecule has 0 spiro atoms. The highest BCUT2D eigenvalue weighted by Gasteiger charge is 2.32. The van der Waals surface area contributed by atoms with Gasteiger partial charge in [-0.15, -0.1) is 5.10 Å². The molecule has 1 atom stereocenters. The zero-order valence-corrected chi connectivity index (χ0v) is 18.5. The van der Waals surface area contributed by atoms with Crippen molar-refractivity contribution < 1.29 is 22.8 Å². The van der Waals surface area contributed by atoms with Crippen LogP contribution in [0.2, 0.25) is 0 Å². The molecule has 12 heteroatoms. The summed E-state index contributed by atoms with van der Waals surface area (Å²) in [6, 6.07) is 3.68. The Morgan fingerprint density at radius 1 is 1.18 bits per heavy atom. The monoisotopic (exact) mass is 473 g/mol. The highest BCUT2D eigenvalue weighted by Crippen LogP contribution is 2.36. The quantitative estimate of drug-likeness (QED) is 0.564. The molecule has 2 aromatic heterocycles. The molecule has 1 saturated heterocycles. The fraction of sp³-hybridized carbons (Fsp3) is 0.364. The van der Waals surface area contributed by atoms with Gasteiger partial charge in [0.15, 0.2) is 5.82 Å². The molecule has 4 heterocycles. The fourth-order valence-corrected chi connectivity index (χ4v) is 4.45. The van der Waals surface area contributed by atoms with E-state index >= 15 is 4.39 Å². The van der Waals surface area contributed by atoms with E-state index in [1.54, 1.807) is 11.8 Å². The second-order valence-corrected chi connectivity index (χ2v) is 8.37. The minimum absolute atomic E-state index is 0.00532. The molecule has 2 N–H and O–H groups in total. The van der Waals surface area contributed by atoms with Crippen LogP contribution in [-0.2, 0) is 11.3 Å². The highest BCUT2D eigenvalue weighted by molar-refractivity contribution is 6.06. The molecule has 1 fully saturated rings. The zero-order valence-electron chi connectivity index (χ0n) is 18.5. The normalized spacial score (nSPS) is 18.3. The summed E-state index contributed by atoms with van der Waals surface area (Å²) in [6.07, 6.45) is 0. The van der Waals surface area contributed by atoms with Crippen LogP contribution in [0.4, 0.5) is 24.5 Å². The number of carbonyl (C=O) groups is 2. The van der Waals surface area contributed by atoms with Crippen LogP contribution in [0.1, 0.15) is 29.0 Å². The van der Waals surface area contributed by atoms with Crippen molar-refractivity contribution in [3.63, 3.8) is 0 Å². The summed E-state index contributed by atoms with van der Waals surface area (Å²) in [5.74, 6) is -3.03. The van der Waals surface area contributed by atoms with Crippen LogP contribution in [0.5, 0.6) is 0 Å². The van der Waals surface area contributed by atoms with Crippen molar-refractivity contribution >= 4 is 34.1 Å². The number of nitrogens with zero attached hydrogens (tertiary/aromatic N) is 5. The third-order valence-electron chi connectivity index (χ3n) is 6.35. The number of nitrogens with one attached hydrogen (secondary N) is 2. The molecule has 1 unspecified atom stereocenters. The van der Waals surface area contributed by atoms with Crippen molar-refractivity contribution in [1.82, 2.24) is 25.0 Å². The van der Waals surface area contributed by atoms with E-state index in [1.807, 2.05) is 4.90 Å². The number of rotatable bonds is 4. The molecule has 0 radical (unpaired) electrons. The van der Waals surface area contributed by atoms with Crippen LogP contribution in [0, 0.1) is 17.7 Å². The number of amides is 2. The fourth-order valence-electron chi connectivity index (χ4n) is 4.45. The predicted molar refractivity (Wildman–Crippen MR) is 118 cm³/mol. The smallest absolute Gasteiger partial charge is 0.269 e. The van der Waals surface area contributed by atoms with Gasteiger partial charge in [-0.2, -0.15) is 8.78 Å². The van der Waals surface area contributed by atoms with E-state index in [1.165, 1.54) is 29.9 Å². The number of hydrogen-bond acceptors (Lipinski definition) is 6. The molecule has 34 heavy (non-hydrogen) atoms. The molecule has 3 aromatic rings. The Kier molecular flexibility index (Phi) is 5.39. The van der Waals surface area contributed by atoms with E-state index in [9.17, 15) is 18.4 Å². The maximum absolute atomic E-state index is 15.3. The summed E-state index contributed by atoms with van der Waals surface area (Å²) in [6.45, 7) is 3.66. The largest absolute Gasteiger partial charge is 0.365 e. The van der Waals surface area contributed by atoms with Crippen LogP contribution >= 0.6 is 0 Å². The molecule has 1 aromatic carbocycles. The van der Waals surface area contributed by atoms with Crippen LogP contribution < -0.4 is 15.5 Å². The molecular formula is C22H22F3N7O2. The van der Waals surface area contributed by atoms with Crippen molar-refractivity contribution in [1.29, 1.82) is 0 Å². The number of aromatic nitrogens is 3. The van der Waals surface area contributed by atoms with Gasteiger partial charge >= 0.3 is 0 Å². The first-order valence-corrected chi connectivity index (χ1v) is 10.8. The van der Waals surface area contributed by atoms with Gasteiger partial charge < -0.3 is 15.5 Å². The maximum atomic E-state index is 15.3. The molecule has 0 bridgehead atoms. The molecule has 0 aliphatic carbocycles. The topological polar surface area (TPSA) is 95.4 Å². The summed E-state index contributed by atoms with van der Waals surface area (Å²) in [5, 5.41) is 8.89. The van der Waals surface area contributed by atoms with Crippen molar-refractivity contribution in [3.8, 4) is 0 Å². The Morgan fingerprint density at radius 2 is 1.91 bits per heavy atom. The lowest BCUT2D eigenvalue weighted by atomic mass is 10.1. The van der Waals surface area contributed by atoms with E-state index in [4.69, 9.17) is 0 Å². The van der Waals surface area contributed by atoms with Gasteiger partial charge in [0, 0.05) is 45.3 Å². The first-order valence-electron chi connectivity index (χ1n) is 10.8. The average Bonchev–Trinajstić information content (AvgIpc) is 3.16. The van der Waals surface area contributed by atoms with Crippen LogP contribution in [0.3, 0.4) is 0 Å². The number of hydrogen-bond donors (Lipinski definition) is 2. The number of pyridine rings is 1. The molecule has 5 rings (SSSR count). The van der Waals surface area contributed by atoms with E-state index in [0.29, 0.717) is 26.2 Å². The maximum Gasteiger partial charge on any atom is 0.269 e. The van der Waals surface area contributed by atoms with Gasteiger partial charge in [0.05, 0.1) is 16.6 Å². The van der Waals surface area contributed by atoms with Gasteiger partial charge in [-0.1, -0.05) is 0 Å². The summed E-state index contributed by atoms with van der Waals surface area (Å²) in [5.41, 5.74) is 0.700. The van der Waals surface area contributed by atoms with Crippen molar-refractivity contribution in [2.75, 3.05) is 43.4 Å². The molecule has 2 aliphatic rings. The van der Waals surface area contributed by atoms with Gasteiger partial charge in [0.25, 0.3) is 5.91 Å². The second kappa shape index (κ2) is 8.28. The summed E-state index contributed by atoms with van der Waals surface area (Å²) in [7, 11) is 1.44. The van der Waals surface area contributed by atoms with Crippen molar-refractivity contribution in [3.05, 3.63) is 47.2 Å². The lowest BCUT2D eigenvalue weighted by Gasteiger charge is -2.36. The third-order valence-corrected chi connectivity index (χ3v) is 6.35. The van der Waals surface area contributed by atoms with Gasteiger partial charge in [-0.05, 0) is 25.1 Å². The molecule has 178 valence electrons. The van der Waals surface area contributed by atoms with Gasteiger partial charge in [0.2, 0.25) is 17.8 Å². The van der Waals surface area contributed by atoms with Crippen LogP contribution in [-0.4, -0.2) is 64.7 Å². The summed E-state index contributed by atoms with van der Waals surface area (Å²) < 4.78 is 45.5. The number of piperazine rings is 1. The predicted octanol–water partition coefficient (Wildman–Crippen LogP) is 2.04. The minimum Gasteiger partial charge on any atom is -0.365 e. The first kappa shape index (κ1) is 22.1. The lowest BCUT2D eigenvalue weighted by molar-refractivity contribution is -0.119. The van der Waals surface area contributed by atoms with E-state index in [0.717, 1.165) is 0 Å². The average molecular weight is 473 g/mol. The molecular weight excluding hydrogens is 451 g/mol. The minimum atomic E-state index is -0.756. The van der Waals surface area contributed by atoms with Gasteiger partial charge in [0.1, 0.15) is 17.4 Å². The number of anilines is 2. The molecule has 2 amide bonds. The number of halogens is 3. The highest BCUT2D eigenvalue weighted by atomic mass is 19.1. The van der Waals surface area contributed by atoms with Gasteiger partial charge in [-0.3, -0.25) is 14.5 Å². The molecule has 0 saturated carbocycles. The Labute approximate surface area is 192 Å². The zero-order chi connectivity index (χ0) is 24.1. The third kappa shape index (κ3) is 3.54. The second-order valence-electron chi connectivity index (χ2n) is 8.37. The van der Waals surface area contributed by atoms with Gasteiger partial charge in [-0.25, -0.2) is 14.1 Å². The first-order chi connectivity index (χ1) is 16.3. The van der Waals surface area contributed by atoms with E-state index < -0.39 is 35.6 Å².